The fraction of sp³-hybridized carbons (Fsp3) is 0.556. The molecule has 0 aromatic carbocycles. The topological polar surface area (TPSA) is 107 Å². The highest BCUT2D eigenvalue weighted by atomic mass is 16.4. The predicted octanol–water partition coefficient (Wildman–Crippen LogP) is -1.20. The Kier molecular flexibility index (Phi) is 6.86. The van der Waals surface area contributed by atoms with Crippen molar-refractivity contribution in [2.24, 2.45) is 0 Å². The third-order valence-electron chi connectivity index (χ3n) is 1.58. The minimum Gasteiger partial charge on any atom is -0.480 e. The quantitative estimate of drug-likeness (QED) is 0.484. The van der Waals surface area contributed by atoms with Crippen molar-refractivity contribution in [3.8, 4) is 0 Å². The van der Waals surface area contributed by atoms with Crippen LogP contribution in [0.25, 0.3) is 0 Å². The lowest BCUT2D eigenvalue weighted by molar-refractivity contribution is -0.142. The maximum Gasteiger partial charge on any atom is 0.317 e. The number of hydrogen-bond acceptors (Lipinski definition) is 4. The number of carboxylic acid groups (broad SMARTS) is 2. The zero-order chi connectivity index (χ0) is 12.6. The van der Waals surface area contributed by atoms with Crippen LogP contribution in [0.1, 0.15) is 6.42 Å². The molecule has 0 aliphatic rings. The van der Waals surface area contributed by atoms with Crippen LogP contribution >= 0.6 is 0 Å². The summed E-state index contributed by atoms with van der Waals surface area (Å²) in [6.07, 6.45) is 0.517. The van der Waals surface area contributed by atoms with Crippen molar-refractivity contribution in [3.05, 3.63) is 6.92 Å². The van der Waals surface area contributed by atoms with E-state index in [-0.39, 0.29) is 6.54 Å². The van der Waals surface area contributed by atoms with E-state index in [4.69, 9.17) is 10.2 Å². The van der Waals surface area contributed by atoms with Crippen LogP contribution < -0.4 is 5.32 Å². The number of carbonyl (C=O) groups is 3. The van der Waals surface area contributed by atoms with E-state index in [1.807, 2.05) is 0 Å². The van der Waals surface area contributed by atoms with Gasteiger partial charge in [-0.3, -0.25) is 19.3 Å². The molecule has 0 aliphatic carbocycles. The lowest BCUT2D eigenvalue weighted by Crippen LogP contribution is -2.42. The first-order chi connectivity index (χ1) is 7.45. The van der Waals surface area contributed by atoms with Crippen LogP contribution in [-0.2, 0) is 14.4 Å². The van der Waals surface area contributed by atoms with Crippen molar-refractivity contribution in [3.63, 3.8) is 0 Å². The molecular formula is C9H15N2O5. The molecule has 0 atom stereocenters. The van der Waals surface area contributed by atoms with Crippen molar-refractivity contribution in [2.45, 2.75) is 6.42 Å². The summed E-state index contributed by atoms with van der Waals surface area (Å²) in [5.41, 5.74) is 0. The summed E-state index contributed by atoms with van der Waals surface area (Å²) in [4.78, 5) is 33.1. The van der Waals surface area contributed by atoms with Crippen LogP contribution in [0.4, 0.5) is 0 Å². The second-order valence-corrected chi connectivity index (χ2v) is 3.14. The Morgan fingerprint density at radius 2 is 1.56 bits per heavy atom. The summed E-state index contributed by atoms with van der Waals surface area (Å²) < 4.78 is 0. The minimum absolute atomic E-state index is 0.251. The molecule has 0 aromatic rings. The van der Waals surface area contributed by atoms with Crippen LogP contribution in [0.3, 0.4) is 0 Å². The van der Waals surface area contributed by atoms with Gasteiger partial charge in [-0.05, 0) is 6.42 Å². The summed E-state index contributed by atoms with van der Waals surface area (Å²) in [6, 6.07) is 0. The van der Waals surface area contributed by atoms with Gasteiger partial charge >= 0.3 is 11.9 Å². The van der Waals surface area contributed by atoms with E-state index in [0.717, 1.165) is 4.90 Å². The first-order valence-electron chi connectivity index (χ1n) is 4.67. The zero-order valence-electron chi connectivity index (χ0n) is 8.81. The number of nitrogens with zero attached hydrogens (tertiary/aromatic N) is 1. The molecule has 0 fully saturated rings. The SMILES string of the molecule is [CH2]CCNC(=O)CN(CC(=O)O)CC(=O)O. The van der Waals surface area contributed by atoms with E-state index in [0.29, 0.717) is 13.0 Å². The zero-order valence-corrected chi connectivity index (χ0v) is 8.81. The molecule has 0 saturated heterocycles. The fourth-order valence-corrected chi connectivity index (χ4v) is 1.04. The standard InChI is InChI=1S/C9H15N2O5/c1-2-3-10-7(12)4-11(5-8(13)14)6-9(15)16/h1-6H2,(H,10,12)(H,13,14)(H,15,16). The van der Waals surface area contributed by atoms with Gasteiger partial charge in [-0.25, -0.2) is 0 Å². The molecule has 7 nitrogen and oxygen atoms in total. The molecule has 1 amide bonds. The third kappa shape index (κ3) is 7.74. The Bertz CT molecular complexity index is 251. The number of hydrogen-bond donors (Lipinski definition) is 3. The Morgan fingerprint density at radius 1 is 1.06 bits per heavy atom. The lowest BCUT2D eigenvalue weighted by atomic mass is 10.4. The molecular weight excluding hydrogens is 216 g/mol. The Hall–Kier alpha value is -1.63. The monoisotopic (exact) mass is 231 g/mol. The average molecular weight is 231 g/mol. The summed E-state index contributed by atoms with van der Waals surface area (Å²) in [6.45, 7) is 2.68. The van der Waals surface area contributed by atoms with Gasteiger partial charge in [-0.15, -0.1) is 0 Å². The molecule has 0 aliphatic heterocycles. The van der Waals surface area contributed by atoms with Gasteiger partial charge in [0.25, 0.3) is 0 Å². The fourth-order valence-electron chi connectivity index (χ4n) is 1.04. The van der Waals surface area contributed by atoms with Crippen molar-refractivity contribution in [1.82, 2.24) is 10.2 Å². The molecule has 0 saturated carbocycles. The highest BCUT2D eigenvalue weighted by Crippen LogP contribution is 1.88. The van der Waals surface area contributed by atoms with E-state index in [2.05, 4.69) is 12.2 Å². The Balaban J connectivity index is 4.13. The minimum atomic E-state index is -1.17. The van der Waals surface area contributed by atoms with Crippen molar-refractivity contribution >= 4 is 17.8 Å². The molecule has 16 heavy (non-hydrogen) atoms. The van der Waals surface area contributed by atoms with E-state index < -0.39 is 30.9 Å². The Labute approximate surface area is 93.0 Å². The van der Waals surface area contributed by atoms with Gasteiger partial charge in [-0.1, -0.05) is 6.92 Å². The summed E-state index contributed by atoms with van der Waals surface area (Å²) in [5, 5.41) is 19.5. The smallest absolute Gasteiger partial charge is 0.317 e. The molecule has 0 bridgehead atoms. The number of nitrogens with one attached hydrogen (secondary N) is 1. The van der Waals surface area contributed by atoms with Crippen LogP contribution in [0.5, 0.6) is 0 Å². The molecule has 3 N–H and O–H groups in total. The predicted molar refractivity (Wildman–Crippen MR) is 54.7 cm³/mol. The van der Waals surface area contributed by atoms with Gasteiger partial charge in [0.05, 0.1) is 19.6 Å². The highest BCUT2D eigenvalue weighted by molar-refractivity contribution is 5.80. The van der Waals surface area contributed by atoms with Crippen LogP contribution in [-0.4, -0.2) is 59.1 Å². The number of carboxylic acids is 2. The maximum absolute atomic E-state index is 11.2. The summed E-state index contributed by atoms with van der Waals surface area (Å²) in [5.74, 6) is -2.76. The van der Waals surface area contributed by atoms with Gasteiger partial charge in [0.2, 0.25) is 5.91 Å². The highest BCUT2D eigenvalue weighted by Gasteiger charge is 2.16. The number of rotatable bonds is 8. The number of amides is 1. The maximum atomic E-state index is 11.2. The van der Waals surface area contributed by atoms with Gasteiger partial charge in [0, 0.05) is 6.54 Å². The summed E-state index contributed by atoms with van der Waals surface area (Å²) >= 11 is 0. The van der Waals surface area contributed by atoms with Gasteiger partial charge in [0.1, 0.15) is 0 Å². The molecule has 1 radical (unpaired) electrons. The van der Waals surface area contributed by atoms with Crippen molar-refractivity contribution in [1.29, 1.82) is 0 Å². The molecule has 0 unspecified atom stereocenters. The molecule has 7 heteroatoms. The van der Waals surface area contributed by atoms with E-state index in [1.165, 1.54) is 0 Å². The second kappa shape index (κ2) is 7.63. The van der Waals surface area contributed by atoms with Crippen LogP contribution in [0.15, 0.2) is 0 Å². The van der Waals surface area contributed by atoms with Crippen molar-refractivity contribution in [2.75, 3.05) is 26.2 Å². The largest absolute Gasteiger partial charge is 0.480 e. The van der Waals surface area contributed by atoms with Crippen LogP contribution in [0, 0.1) is 6.92 Å². The number of aliphatic carboxylic acids is 2. The molecule has 0 aromatic heterocycles. The number of carbonyl (C=O) groups excluding carboxylic acids is 1. The van der Waals surface area contributed by atoms with Crippen LogP contribution in [0.2, 0.25) is 0 Å². The van der Waals surface area contributed by atoms with E-state index >= 15 is 0 Å². The Morgan fingerprint density at radius 3 is 1.94 bits per heavy atom. The van der Waals surface area contributed by atoms with E-state index in [9.17, 15) is 14.4 Å². The molecule has 91 valence electrons. The average Bonchev–Trinajstić information content (AvgIpc) is 2.12. The molecule has 0 spiro atoms. The lowest BCUT2D eigenvalue weighted by Gasteiger charge is -2.16. The first-order valence-corrected chi connectivity index (χ1v) is 4.67. The third-order valence-corrected chi connectivity index (χ3v) is 1.58. The van der Waals surface area contributed by atoms with E-state index in [1.54, 1.807) is 0 Å². The van der Waals surface area contributed by atoms with Gasteiger partial charge in [0.15, 0.2) is 0 Å². The van der Waals surface area contributed by atoms with Gasteiger partial charge in [-0.2, -0.15) is 0 Å². The van der Waals surface area contributed by atoms with Crippen molar-refractivity contribution < 1.29 is 24.6 Å². The molecule has 0 heterocycles. The summed E-state index contributed by atoms with van der Waals surface area (Å²) in [7, 11) is 0. The first kappa shape index (κ1) is 14.4. The van der Waals surface area contributed by atoms with Gasteiger partial charge < -0.3 is 15.5 Å². The second-order valence-electron chi connectivity index (χ2n) is 3.14. The normalized spacial score (nSPS) is 10.1. The molecule has 0 rings (SSSR count).